The van der Waals surface area contributed by atoms with Gasteiger partial charge in [-0.15, -0.1) is 13.2 Å². The van der Waals surface area contributed by atoms with Crippen molar-refractivity contribution in [1.29, 1.82) is 0 Å². The highest BCUT2D eigenvalue weighted by molar-refractivity contribution is 5.94. The second kappa shape index (κ2) is 7.44. The maximum Gasteiger partial charge on any atom is 0.573 e. The van der Waals surface area contributed by atoms with Gasteiger partial charge in [0.1, 0.15) is 5.75 Å². The van der Waals surface area contributed by atoms with E-state index in [1.54, 1.807) is 12.0 Å². The number of carbonyl (C=O) groups is 1. The van der Waals surface area contributed by atoms with E-state index in [4.69, 9.17) is 4.74 Å². The number of rotatable bonds is 4. The maximum atomic E-state index is 12.8. The number of hydrogen-bond acceptors (Lipinski definition) is 4. The number of halogens is 3. The van der Waals surface area contributed by atoms with Crippen LogP contribution in [0, 0.1) is 11.3 Å². The molecule has 26 heavy (non-hydrogen) atoms. The largest absolute Gasteiger partial charge is 0.573 e. The molecule has 1 N–H and O–H groups in total. The van der Waals surface area contributed by atoms with Gasteiger partial charge in [-0.3, -0.25) is 4.79 Å². The fraction of sp³-hybridized carbons (Fsp3) is 0.611. The fourth-order valence-electron chi connectivity index (χ4n) is 4.09. The molecule has 2 saturated heterocycles. The van der Waals surface area contributed by atoms with Gasteiger partial charge in [0.2, 0.25) is 0 Å². The number of ether oxygens (including phenoxy) is 2. The first-order chi connectivity index (χ1) is 12.3. The van der Waals surface area contributed by atoms with E-state index in [1.807, 2.05) is 0 Å². The lowest BCUT2D eigenvalue weighted by Gasteiger charge is -2.38. The van der Waals surface area contributed by atoms with Crippen molar-refractivity contribution in [3.63, 3.8) is 0 Å². The maximum absolute atomic E-state index is 12.8. The molecule has 3 rings (SSSR count). The van der Waals surface area contributed by atoms with E-state index in [1.165, 1.54) is 24.3 Å². The van der Waals surface area contributed by atoms with Crippen LogP contribution in [-0.4, -0.2) is 57.1 Å². The molecule has 0 radical (unpaired) electrons. The van der Waals surface area contributed by atoms with Crippen LogP contribution < -0.4 is 10.1 Å². The van der Waals surface area contributed by atoms with Crippen LogP contribution in [-0.2, 0) is 4.74 Å². The first-order valence-electron chi connectivity index (χ1n) is 8.68. The normalized spacial score (nSPS) is 22.6. The number of nitrogens with zero attached hydrogens (tertiary/aromatic N) is 1. The molecule has 2 aliphatic heterocycles. The molecule has 1 unspecified atom stereocenters. The van der Waals surface area contributed by atoms with Crippen molar-refractivity contribution in [1.82, 2.24) is 10.2 Å². The molecular weight excluding hydrogens is 349 g/mol. The first kappa shape index (κ1) is 19.0. The van der Waals surface area contributed by atoms with Crippen LogP contribution in [0.1, 0.15) is 23.2 Å². The number of nitrogens with one attached hydrogen (secondary N) is 1. The molecule has 1 atom stereocenters. The third-order valence-electron chi connectivity index (χ3n) is 5.40. The molecule has 0 bridgehead atoms. The Kier molecular flexibility index (Phi) is 5.43. The van der Waals surface area contributed by atoms with E-state index in [9.17, 15) is 18.0 Å². The summed E-state index contributed by atoms with van der Waals surface area (Å²) in [6, 6.07) is 5.10. The van der Waals surface area contributed by atoms with Gasteiger partial charge < -0.3 is 19.7 Å². The Hall–Kier alpha value is -1.80. The van der Waals surface area contributed by atoms with Gasteiger partial charge in [-0.1, -0.05) is 0 Å². The first-order valence-corrected chi connectivity index (χ1v) is 8.68. The Morgan fingerprint density at radius 1 is 1.27 bits per heavy atom. The molecule has 0 saturated carbocycles. The van der Waals surface area contributed by atoms with E-state index in [-0.39, 0.29) is 23.0 Å². The average Bonchev–Trinajstić information content (AvgIpc) is 2.92. The Balaban J connectivity index is 1.71. The van der Waals surface area contributed by atoms with Gasteiger partial charge in [0.15, 0.2) is 0 Å². The lowest BCUT2D eigenvalue weighted by molar-refractivity contribution is -0.274. The van der Waals surface area contributed by atoms with Crippen molar-refractivity contribution in [3.8, 4) is 5.75 Å². The summed E-state index contributed by atoms with van der Waals surface area (Å²) in [6.45, 7) is 3.70. The van der Waals surface area contributed by atoms with Gasteiger partial charge in [-0.05, 0) is 55.6 Å². The quantitative estimate of drug-likeness (QED) is 0.883. The van der Waals surface area contributed by atoms with Crippen LogP contribution in [0.2, 0.25) is 0 Å². The monoisotopic (exact) mass is 372 g/mol. The Morgan fingerprint density at radius 3 is 2.50 bits per heavy atom. The number of piperidine rings is 1. The van der Waals surface area contributed by atoms with Crippen LogP contribution in [0.15, 0.2) is 24.3 Å². The minimum Gasteiger partial charge on any atom is -0.406 e. The van der Waals surface area contributed by atoms with E-state index in [0.29, 0.717) is 25.3 Å². The molecule has 1 aromatic carbocycles. The van der Waals surface area contributed by atoms with Gasteiger partial charge in [-0.2, -0.15) is 0 Å². The molecule has 2 aliphatic rings. The number of methoxy groups -OCH3 is 1. The number of amides is 1. The van der Waals surface area contributed by atoms with Crippen molar-refractivity contribution in [2.24, 2.45) is 11.3 Å². The molecule has 144 valence electrons. The predicted octanol–water partition coefficient (Wildman–Crippen LogP) is 2.67. The van der Waals surface area contributed by atoms with Crippen molar-refractivity contribution in [2.45, 2.75) is 19.2 Å². The predicted molar refractivity (Wildman–Crippen MR) is 88.9 cm³/mol. The smallest absolute Gasteiger partial charge is 0.406 e. The molecule has 2 heterocycles. The van der Waals surface area contributed by atoms with Crippen molar-refractivity contribution < 1.29 is 27.4 Å². The van der Waals surface area contributed by atoms with Crippen molar-refractivity contribution >= 4 is 5.91 Å². The lowest BCUT2D eigenvalue weighted by atomic mass is 9.71. The highest BCUT2D eigenvalue weighted by Gasteiger charge is 2.48. The van der Waals surface area contributed by atoms with Crippen LogP contribution in [0.3, 0.4) is 0 Å². The number of hydrogen-bond donors (Lipinski definition) is 1. The van der Waals surface area contributed by atoms with E-state index >= 15 is 0 Å². The lowest BCUT2D eigenvalue weighted by Crippen LogP contribution is -2.43. The van der Waals surface area contributed by atoms with Gasteiger partial charge in [-0.25, -0.2) is 0 Å². The molecule has 0 aromatic heterocycles. The van der Waals surface area contributed by atoms with Gasteiger partial charge >= 0.3 is 6.36 Å². The van der Waals surface area contributed by atoms with Crippen LogP contribution >= 0.6 is 0 Å². The summed E-state index contributed by atoms with van der Waals surface area (Å²) in [5, 5.41) is 3.35. The summed E-state index contributed by atoms with van der Waals surface area (Å²) in [5.74, 6) is -0.228. The Morgan fingerprint density at radius 2 is 1.92 bits per heavy atom. The van der Waals surface area contributed by atoms with E-state index < -0.39 is 6.36 Å². The summed E-state index contributed by atoms with van der Waals surface area (Å²) in [6.07, 6.45) is -2.76. The third kappa shape index (κ3) is 4.12. The molecule has 5 nitrogen and oxygen atoms in total. The van der Waals surface area contributed by atoms with E-state index in [0.717, 1.165) is 25.9 Å². The van der Waals surface area contributed by atoms with Gasteiger partial charge in [0.05, 0.1) is 6.61 Å². The minimum atomic E-state index is -4.74. The average molecular weight is 372 g/mol. The Bertz CT molecular complexity index is 628. The molecule has 0 aliphatic carbocycles. The highest BCUT2D eigenvalue weighted by atomic mass is 19.4. The number of carbonyl (C=O) groups excluding carboxylic acids is 1. The fourth-order valence-corrected chi connectivity index (χ4v) is 4.09. The van der Waals surface area contributed by atoms with Crippen molar-refractivity contribution in [2.75, 3.05) is 39.9 Å². The minimum absolute atomic E-state index is 0.0518. The standard InChI is InChI=1S/C18H23F3N2O3/c1-25-11-14-10-23(12-17(14)6-8-22-9-7-17)16(24)13-2-4-15(5-3-13)26-18(19,20)21/h2-5,14,22H,6-12H2,1H3. The summed E-state index contributed by atoms with van der Waals surface area (Å²) in [5.41, 5.74) is 0.415. The zero-order valence-corrected chi connectivity index (χ0v) is 14.6. The van der Waals surface area contributed by atoms with Crippen LogP contribution in [0.4, 0.5) is 13.2 Å². The molecule has 1 aromatic rings. The summed E-state index contributed by atoms with van der Waals surface area (Å²) in [7, 11) is 1.67. The number of alkyl halides is 3. The summed E-state index contributed by atoms with van der Waals surface area (Å²) in [4.78, 5) is 14.6. The number of likely N-dealkylation sites (tertiary alicyclic amines) is 1. The van der Waals surface area contributed by atoms with Crippen molar-refractivity contribution in [3.05, 3.63) is 29.8 Å². The topological polar surface area (TPSA) is 50.8 Å². The molecule has 8 heteroatoms. The summed E-state index contributed by atoms with van der Waals surface area (Å²) < 4.78 is 46.0. The van der Waals surface area contributed by atoms with Crippen LogP contribution in [0.25, 0.3) is 0 Å². The molecule has 2 fully saturated rings. The second-order valence-corrected chi connectivity index (χ2v) is 7.02. The van der Waals surface area contributed by atoms with E-state index in [2.05, 4.69) is 10.1 Å². The summed E-state index contributed by atoms with van der Waals surface area (Å²) >= 11 is 0. The zero-order valence-electron chi connectivity index (χ0n) is 14.6. The second-order valence-electron chi connectivity index (χ2n) is 7.02. The van der Waals surface area contributed by atoms with Gasteiger partial charge in [0.25, 0.3) is 5.91 Å². The molecular formula is C18H23F3N2O3. The van der Waals surface area contributed by atoms with Crippen LogP contribution in [0.5, 0.6) is 5.75 Å². The van der Waals surface area contributed by atoms with Gasteiger partial charge in [0, 0.05) is 31.7 Å². The highest BCUT2D eigenvalue weighted by Crippen LogP contribution is 2.43. The molecule has 1 spiro atoms. The number of benzene rings is 1. The molecule has 1 amide bonds. The zero-order chi connectivity index (χ0) is 18.8. The SMILES string of the molecule is COCC1CN(C(=O)c2ccc(OC(F)(F)F)cc2)CC12CCNCC2. The third-order valence-corrected chi connectivity index (χ3v) is 5.40. The Labute approximate surface area is 150 Å².